The summed E-state index contributed by atoms with van der Waals surface area (Å²) in [7, 11) is 0. The van der Waals surface area contributed by atoms with Crippen LogP contribution < -0.4 is 5.32 Å². The Bertz CT molecular complexity index is 359. The van der Waals surface area contributed by atoms with Crippen LogP contribution in [-0.2, 0) is 6.42 Å². The summed E-state index contributed by atoms with van der Waals surface area (Å²) in [5, 5.41) is 13.2. The number of halogens is 1. The highest BCUT2D eigenvalue weighted by Gasteiger charge is 2.18. The lowest BCUT2D eigenvalue weighted by Crippen LogP contribution is -2.11. The molecule has 0 saturated carbocycles. The zero-order valence-corrected chi connectivity index (χ0v) is 10.5. The molecule has 1 heterocycles. The summed E-state index contributed by atoms with van der Waals surface area (Å²) >= 11 is 3.50. The largest absolute Gasteiger partial charge is 0.508 e. The van der Waals surface area contributed by atoms with Gasteiger partial charge in [-0.2, -0.15) is 0 Å². The van der Waals surface area contributed by atoms with Gasteiger partial charge in [0, 0.05) is 4.47 Å². The van der Waals surface area contributed by atoms with E-state index < -0.39 is 0 Å². The van der Waals surface area contributed by atoms with E-state index in [0.29, 0.717) is 11.7 Å². The van der Waals surface area contributed by atoms with Gasteiger partial charge >= 0.3 is 0 Å². The van der Waals surface area contributed by atoms with Crippen molar-refractivity contribution in [1.29, 1.82) is 0 Å². The number of nitrogens with one attached hydrogen (secondary N) is 1. The van der Waals surface area contributed by atoms with Gasteiger partial charge in [0.1, 0.15) is 5.75 Å². The van der Waals surface area contributed by atoms with Gasteiger partial charge in [0.25, 0.3) is 0 Å². The summed E-state index contributed by atoms with van der Waals surface area (Å²) in [6.07, 6.45) is 2.19. The summed E-state index contributed by atoms with van der Waals surface area (Å²) in [6.45, 7) is 4.24. The van der Waals surface area contributed by atoms with E-state index >= 15 is 0 Å². The molecule has 1 aromatic carbocycles. The Balaban J connectivity index is 2.22. The molecule has 1 aliphatic rings. The lowest BCUT2D eigenvalue weighted by molar-refractivity contribution is 0.458. The topological polar surface area (TPSA) is 32.3 Å². The molecule has 15 heavy (non-hydrogen) atoms. The van der Waals surface area contributed by atoms with Crippen molar-refractivity contribution in [3.63, 3.8) is 0 Å². The molecular weight excluding hydrogens is 254 g/mol. The minimum atomic E-state index is 0.433. The van der Waals surface area contributed by atoms with Crippen molar-refractivity contribution < 1.29 is 5.11 Å². The van der Waals surface area contributed by atoms with Gasteiger partial charge in [-0.3, -0.25) is 0 Å². The van der Waals surface area contributed by atoms with E-state index in [0.717, 1.165) is 29.5 Å². The average Bonchev–Trinajstić information content (AvgIpc) is 2.71. The first-order chi connectivity index (χ1) is 7.18. The SMILES string of the molecule is Cc1c(Br)ccc(O)c1CC1CCNC1. The third-order valence-corrected chi connectivity index (χ3v) is 4.02. The number of hydrogen-bond donors (Lipinski definition) is 2. The second kappa shape index (κ2) is 4.54. The van der Waals surface area contributed by atoms with Crippen LogP contribution in [0.3, 0.4) is 0 Å². The highest BCUT2D eigenvalue weighted by Crippen LogP contribution is 2.30. The fraction of sp³-hybridized carbons (Fsp3) is 0.500. The van der Waals surface area contributed by atoms with Crippen LogP contribution >= 0.6 is 15.9 Å². The molecule has 1 saturated heterocycles. The number of rotatable bonds is 2. The normalized spacial score (nSPS) is 20.8. The van der Waals surface area contributed by atoms with Crippen molar-refractivity contribution in [3.05, 3.63) is 27.7 Å². The maximum Gasteiger partial charge on any atom is 0.119 e. The summed E-state index contributed by atoms with van der Waals surface area (Å²) < 4.78 is 1.08. The number of aromatic hydroxyl groups is 1. The molecule has 1 aromatic rings. The second-order valence-corrected chi connectivity index (χ2v) is 5.09. The van der Waals surface area contributed by atoms with Crippen molar-refractivity contribution in [2.24, 2.45) is 5.92 Å². The van der Waals surface area contributed by atoms with Crippen LogP contribution in [0.4, 0.5) is 0 Å². The van der Waals surface area contributed by atoms with Crippen LogP contribution in [0.5, 0.6) is 5.75 Å². The monoisotopic (exact) mass is 269 g/mol. The van der Waals surface area contributed by atoms with Gasteiger partial charge in [-0.1, -0.05) is 15.9 Å². The molecule has 2 nitrogen and oxygen atoms in total. The standard InChI is InChI=1S/C12H16BrNO/c1-8-10(6-9-4-5-14-7-9)12(15)3-2-11(8)13/h2-3,9,14-15H,4-7H2,1H3. The number of benzene rings is 1. The Labute approximate surface area is 98.8 Å². The van der Waals surface area contributed by atoms with Crippen molar-refractivity contribution in [2.45, 2.75) is 19.8 Å². The molecule has 0 amide bonds. The zero-order chi connectivity index (χ0) is 10.8. The predicted molar refractivity (Wildman–Crippen MR) is 65.2 cm³/mol. The lowest BCUT2D eigenvalue weighted by Gasteiger charge is -2.13. The van der Waals surface area contributed by atoms with E-state index in [9.17, 15) is 5.11 Å². The molecule has 0 aromatic heterocycles. The van der Waals surface area contributed by atoms with Crippen LogP contribution in [0, 0.1) is 12.8 Å². The van der Waals surface area contributed by atoms with Gasteiger partial charge in [0.05, 0.1) is 0 Å². The first-order valence-electron chi connectivity index (χ1n) is 5.36. The first-order valence-corrected chi connectivity index (χ1v) is 6.15. The first kappa shape index (κ1) is 11.0. The average molecular weight is 270 g/mol. The molecule has 3 heteroatoms. The molecule has 1 unspecified atom stereocenters. The van der Waals surface area contributed by atoms with Crippen LogP contribution in [0.2, 0.25) is 0 Å². The van der Waals surface area contributed by atoms with Gasteiger partial charge in [-0.05, 0) is 62.0 Å². The molecule has 82 valence electrons. The molecule has 2 rings (SSSR count). The van der Waals surface area contributed by atoms with E-state index in [1.807, 2.05) is 6.07 Å². The van der Waals surface area contributed by atoms with E-state index in [1.54, 1.807) is 6.07 Å². The molecule has 1 atom stereocenters. The molecular formula is C12H16BrNO. The Morgan fingerprint density at radius 3 is 3.00 bits per heavy atom. The van der Waals surface area contributed by atoms with Gasteiger partial charge in [0.2, 0.25) is 0 Å². The molecule has 0 radical (unpaired) electrons. The second-order valence-electron chi connectivity index (χ2n) is 4.23. The van der Waals surface area contributed by atoms with Crippen molar-refractivity contribution >= 4 is 15.9 Å². The van der Waals surface area contributed by atoms with Crippen molar-refractivity contribution in [3.8, 4) is 5.75 Å². The Morgan fingerprint density at radius 1 is 1.53 bits per heavy atom. The van der Waals surface area contributed by atoms with E-state index in [1.165, 1.54) is 12.0 Å². The maximum absolute atomic E-state index is 9.83. The number of phenols is 1. The summed E-state index contributed by atoms with van der Waals surface area (Å²) in [6, 6.07) is 3.68. The highest BCUT2D eigenvalue weighted by molar-refractivity contribution is 9.10. The van der Waals surface area contributed by atoms with Crippen LogP contribution in [0.25, 0.3) is 0 Å². The minimum absolute atomic E-state index is 0.433. The van der Waals surface area contributed by atoms with E-state index in [2.05, 4.69) is 28.2 Å². The fourth-order valence-corrected chi connectivity index (χ4v) is 2.52. The van der Waals surface area contributed by atoms with Gasteiger partial charge in [0.15, 0.2) is 0 Å². The van der Waals surface area contributed by atoms with Gasteiger partial charge < -0.3 is 10.4 Å². The van der Waals surface area contributed by atoms with Crippen LogP contribution in [0.1, 0.15) is 17.5 Å². The molecule has 0 spiro atoms. The summed E-state index contributed by atoms with van der Waals surface area (Å²) in [5.74, 6) is 1.10. The Hall–Kier alpha value is -0.540. The summed E-state index contributed by atoms with van der Waals surface area (Å²) in [5.41, 5.74) is 2.26. The van der Waals surface area contributed by atoms with Crippen LogP contribution in [-0.4, -0.2) is 18.2 Å². The molecule has 1 fully saturated rings. The highest BCUT2D eigenvalue weighted by atomic mass is 79.9. The quantitative estimate of drug-likeness (QED) is 0.865. The lowest BCUT2D eigenvalue weighted by atomic mass is 9.95. The minimum Gasteiger partial charge on any atom is -0.508 e. The van der Waals surface area contributed by atoms with Crippen LogP contribution in [0.15, 0.2) is 16.6 Å². The third kappa shape index (κ3) is 2.34. The predicted octanol–water partition coefficient (Wildman–Crippen LogP) is 2.62. The number of phenolic OH excluding ortho intramolecular Hbond substituents is 1. The fourth-order valence-electron chi connectivity index (χ4n) is 2.15. The Kier molecular flexibility index (Phi) is 3.32. The molecule has 2 N–H and O–H groups in total. The molecule has 0 bridgehead atoms. The molecule has 1 aliphatic heterocycles. The maximum atomic E-state index is 9.83. The zero-order valence-electron chi connectivity index (χ0n) is 8.89. The molecule has 0 aliphatic carbocycles. The number of hydrogen-bond acceptors (Lipinski definition) is 2. The van der Waals surface area contributed by atoms with E-state index in [-0.39, 0.29) is 0 Å². The van der Waals surface area contributed by atoms with Gasteiger partial charge in [-0.15, -0.1) is 0 Å². The smallest absolute Gasteiger partial charge is 0.119 e. The van der Waals surface area contributed by atoms with Crippen molar-refractivity contribution in [1.82, 2.24) is 5.32 Å². The van der Waals surface area contributed by atoms with Crippen molar-refractivity contribution in [2.75, 3.05) is 13.1 Å². The Morgan fingerprint density at radius 2 is 2.33 bits per heavy atom. The third-order valence-electron chi connectivity index (χ3n) is 3.16. The van der Waals surface area contributed by atoms with Gasteiger partial charge in [-0.25, -0.2) is 0 Å². The summed E-state index contributed by atoms with van der Waals surface area (Å²) in [4.78, 5) is 0. The van der Waals surface area contributed by atoms with E-state index in [4.69, 9.17) is 0 Å².